The quantitative estimate of drug-likeness (QED) is 0.824. The van der Waals surface area contributed by atoms with Crippen LogP contribution < -0.4 is 5.32 Å². The van der Waals surface area contributed by atoms with Gasteiger partial charge in [-0.15, -0.1) is 0 Å². The maximum atomic E-state index is 5.88. The lowest BCUT2D eigenvalue weighted by Crippen LogP contribution is -2.43. The third-order valence-corrected chi connectivity index (χ3v) is 3.86. The van der Waals surface area contributed by atoms with Crippen molar-refractivity contribution >= 4 is 0 Å². The summed E-state index contributed by atoms with van der Waals surface area (Å²) in [6.07, 6.45) is 9.51. The first-order chi connectivity index (χ1) is 8.32. The Morgan fingerprint density at radius 3 is 2.76 bits per heavy atom. The molecule has 1 unspecified atom stereocenters. The minimum absolute atomic E-state index is 0.0426. The Balaban J connectivity index is 2.19. The second kappa shape index (κ2) is 5.69. The van der Waals surface area contributed by atoms with Crippen LogP contribution in [0.25, 0.3) is 0 Å². The fourth-order valence-electron chi connectivity index (χ4n) is 2.92. The molecule has 0 bridgehead atoms. The Morgan fingerprint density at radius 1 is 1.47 bits per heavy atom. The van der Waals surface area contributed by atoms with E-state index < -0.39 is 0 Å². The van der Waals surface area contributed by atoms with Gasteiger partial charge in [-0.3, -0.25) is 0 Å². The van der Waals surface area contributed by atoms with Crippen molar-refractivity contribution in [3.63, 3.8) is 0 Å². The van der Waals surface area contributed by atoms with Gasteiger partial charge in [-0.1, -0.05) is 19.8 Å². The average molecular weight is 237 g/mol. The smallest absolute Gasteiger partial charge is 0.0951 e. The number of hydrogen-bond donors (Lipinski definition) is 1. The number of methoxy groups -OCH3 is 1. The van der Waals surface area contributed by atoms with E-state index in [0.29, 0.717) is 0 Å². The molecule has 0 amide bonds. The van der Waals surface area contributed by atoms with Gasteiger partial charge in [0.25, 0.3) is 0 Å². The Bertz CT molecular complexity index is 315. The van der Waals surface area contributed by atoms with Gasteiger partial charge in [0.15, 0.2) is 0 Å². The topological polar surface area (TPSA) is 34.4 Å². The predicted octanol–water partition coefficient (Wildman–Crippen LogP) is 3.28. The van der Waals surface area contributed by atoms with Crippen molar-refractivity contribution in [3.8, 4) is 0 Å². The molecule has 96 valence electrons. The predicted molar refractivity (Wildman–Crippen MR) is 68.0 cm³/mol. The number of nitrogens with one attached hydrogen (secondary N) is 1. The molecule has 0 spiro atoms. The first kappa shape index (κ1) is 12.7. The Hall–Kier alpha value is -0.800. The molecule has 0 saturated heterocycles. The molecule has 1 fully saturated rings. The normalized spacial score (nSPS) is 20.6. The van der Waals surface area contributed by atoms with E-state index in [1.54, 1.807) is 6.26 Å². The molecular weight excluding hydrogens is 214 g/mol. The molecule has 1 aromatic rings. The van der Waals surface area contributed by atoms with Gasteiger partial charge in [0.05, 0.1) is 24.2 Å². The molecular formula is C14H23NO2. The van der Waals surface area contributed by atoms with Crippen LogP contribution >= 0.6 is 0 Å². The lowest BCUT2D eigenvalue weighted by atomic mass is 9.88. The molecule has 1 aliphatic carbocycles. The summed E-state index contributed by atoms with van der Waals surface area (Å²) in [5.74, 6) is 0. The summed E-state index contributed by atoms with van der Waals surface area (Å²) < 4.78 is 11.1. The van der Waals surface area contributed by atoms with Gasteiger partial charge in [0, 0.05) is 12.7 Å². The second-order valence-corrected chi connectivity index (χ2v) is 4.92. The van der Waals surface area contributed by atoms with Crippen molar-refractivity contribution in [2.45, 2.75) is 50.7 Å². The van der Waals surface area contributed by atoms with Gasteiger partial charge in [-0.2, -0.15) is 0 Å². The molecule has 1 N–H and O–H groups in total. The van der Waals surface area contributed by atoms with E-state index in [4.69, 9.17) is 9.15 Å². The van der Waals surface area contributed by atoms with Crippen molar-refractivity contribution in [2.75, 3.05) is 13.7 Å². The summed E-state index contributed by atoms with van der Waals surface area (Å²) in [6, 6.07) is 2.31. The zero-order valence-corrected chi connectivity index (χ0v) is 10.9. The average Bonchev–Trinajstić information content (AvgIpc) is 3.01. The number of rotatable bonds is 6. The highest BCUT2D eigenvalue weighted by molar-refractivity contribution is 5.18. The Morgan fingerprint density at radius 2 is 2.24 bits per heavy atom. The van der Waals surface area contributed by atoms with Crippen molar-refractivity contribution in [1.82, 2.24) is 5.32 Å². The van der Waals surface area contributed by atoms with E-state index in [1.165, 1.54) is 18.4 Å². The minimum atomic E-state index is -0.0426. The third-order valence-electron chi connectivity index (χ3n) is 3.86. The molecule has 3 nitrogen and oxygen atoms in total. The monoisotopic (exact) mass is 237 g/mol. The van der Waals surface area contributed by atoms with Crippen LogP contribution in [0, 0.1) is 0 Å². The van der Waals surface area contributed by atoms with Gasteiger partial charge in [-0.05, 0) is 31.9 Å². The molecule has 2 rings (SSSR count). The van der Waals surface area contributed by atoms with Crippen LogP contribution in [0.4, 0.5) is 0 Å². The Labute approximate surface area is 104 Å². The van der Waals surface area contributed by atoms with Crippen LogP contribution in [-0.2, 0) is 4.74 Å². The van der Waals surface area contributed by atoms with E-state index in [0.717, 1.165) is 25.8 Å². The van der Waals surface area contributed by atoms with Crippen molar-refractivity contribution in [1.29, 1.82) is 0 Å². The molecule has 1 aliphatic rings. The van der Waals surface area contributed by atoms with E-state index >= 15 is 0 Å². The Kier molecular flexibility index (Phi) is 4.24. The number of hydrogen-bond acceptors (Lipinski definition) is 3. The molecule has 0 radical (unpaired) electrons. The summed E-state index contributed by atoms with van der Waals surface area (Å²) in [5, 5.41) is 3.62. The van der Waals surface area contributed by atoms with Gasteiger partial charge in [-0.25, -0.2) is 0 Å². The zero-order chi connectivity index (χ0) is 12.1. The first-order valence-electron chi connectivity index (χ1n) is 6.63. The van der Waals surface area contributed by atoms with Gasteiger partial charge in [0.1, 0.15) is 0 Å². The maximum Gasteiger partial charge on any atom is 0.0951 e. The van der Waals surface area contributed by atoms with Gasteiger partial charge in [0.2, 0.25) is 0 Å². The molecule has 1 heterocycles. The lowest BCUT2D eigenvalue weighted by Gasteiger charge is -2.36. The summed E-state index contributed by atoms with van der Waals surface area (Å²) in [6.45, 7) is 3.20. The second-order valence-electron chi connectivity index (χ2n) is 4.92. The highest BCUT2D eigenvalue weighted by Crippen LogP contribution is 2.42. The molecule has 17 heavy (non-hydrogen) atoms. The van der Waals surface area contributed by atoms with Crippen LogP contribution in [-0.4, -0.2) is 19.3 Å². The summed E-state index contributed by atoms with van der Waals surface area (Å²) in [5.41, 5.74) is 1.17. The molecule has 1 saturated carbocycles. The van der Waals surface area contributed by atoms with E-state index in [9.17, 15) is 0 Å². The van der Waals surface area contributed by atoms with Crippen LogP contribution in [0.2, 0.25) is 0 Å². The standard InChI is InChI=1S/C14H23NO2/c1-3-9-15-13(12-6-10-17-11-12)14(16-2)7-4-5-8-14/h6,10-11,13,15H,3-5,7-9H2,1-2H3. The number of furan rings is 1. The fraction of sp³-hybridized carbons (Fsp3) is 0.714. The molecule has 1 aromatic heterocycles. The van der Waals surface area contributed by atoms with E-state index in [-0.39, 0.29) is 11.6 Å². The lowest BCUT2D eigenvalue weighted by molar-refractivity contribution is -0.0368. The van der Waals surface area contributed by atoms with Gasteiger partial charge >= 0.3 is 0 Å². The fourth-order valence-corrected chi connectivity index (χ4v) is 2.92. The van der Waals surface area contributed by atoms with Crippen LogP contribution in [0.5, 0.6) is 0 Å². The third kappa shape index (κ3) is 2.55. The number of ether oxygens (including phenoxy) is 1. The summed E-state index contributed by atoms with van der Waals surface area (Å²) >= 11 is 0. The highest BCUT2D eigenvalue weighted by atomic mass is 16.5. The van der Waals surface area contributed by atoms with Gasteiger partial charge < -0.3 is 14.5 Å². The maximum absolute atomic E-state index is 5.88. The van der Waals surface area contributed by atoms with Crippen LogP contribution in [0.15, 0.2) is 23.0 Å². The molecule has 0 aromatic carbocycles. The van der Waals surface area contributed by atoms with E-state index in [1.807, 2.05) is 19.4 Å². The molecule has 0 aliphatic heterocycles. The zero-order valence-electron chi connectivity index (χ0n) is 10.9. The van der Waals surface area contributed by atoms with Crippen molar-refractivity contribution in [3.05, 3.63) is 24.2 Å². The van der Waals surface area contributed by atoms with Crippen LogP contribution in [0.1, 0.15) is 50.6 Å². The van der Waals surface area contributed by atoms with Crippen molar-refractivity contribution < 1.29 is 9.15 Å². The first-order valence-corrected chi connectivity index (χ1v) is 6.63. The largest absolute Gasteiger partial charge is 0.472 e. The summed E-state index contributed by atoms with van der Waals surface area (Å²) in [7, 11) is 1.84. The molecule has 1 atom stereocenters. The van der Waals surface area contributed by atoms with Crippen LogP contribution in [0.3, 0.4) is 0 Å². The SMILES string of the molecule is CCCNC(c1ccoc1)C1(OC)CCCC1. The van der Waals surface area contributed by atoms with E-state index in [2.05, 4.69) is 12.2 Å². The molecule has 3 heteroatoms. The highest BCUT2D eigenvalue weighted by Gasteiger charge is 2.42. The summed E-state index contributed by atoms with van der Waals surface area (Å²) in [4.78, 5) is 0. The van der Waals surface area contributed by atoms with Crippen molar-refractivity contribution in [2.24, 2.45) is 0 Å². The minimum Gasteiger partial charge on any atom is -0.472 e.